The van der Waals surface area contributed by atoms with Crippen molar-refractivity contribution in [3.05, 3.63) is 77.1 Å². The van der Waals surface area contributed by atoms with Gasteiger partial charge >= 0.3 is 0 Å². The Kier molecular flexibility index (Phi) is 5.70. The summed E-state index contributed by atoms with van der Waals surface area (Å²) >= 11 is 0. The quantitative estimate of drug-likeness (QED) is 0.461. The van der Waals surface area contributed by atoms with E-state index in [1.165, 1.54) is 20.3 Å². The van der Waals surface area contributed by atoms with Gasteiger partial charge in [-0.25, -0.2) is 4.39 Å². The number of halogens is 1. The largest absolute Gasteiger partial charge is 0.495 e. The smallest absolute Gasteiger partial charge is 0.255 e. The minimum absolute atomic E-state index is 0.155. The molecule has 0 unspecified atom stereocenters. The summed E-state index contributed by atoms with van der Waals surface area (Å²) in [5, 5.41) is 10.7. The van der Waals surface area contributed by atoms with E-state index in [4.69, 9.17) is 13.9 Å². The molecular weight excluding hydrogens is 401 g/mol. The van der Waals surface area contributed by atoms with E-state index in [1.807, 2.05) is 0 Å². The number of amides is 1. The summed E-state index contributed by atoms with van der Waals surface area (Å²) in [5.41, 5.74) is 2.41. The predicted molar refractivity (Wildman–Crippen MR) is 114 cm³/mol. The van der Waals surface area contributed by atoms with Crippen LogP contribution in [0.5, 0.6) is 11.5 Å². The number of carbonyl (C=O) groups is 1. The van der Waals surface area contributed by atoms with Gasteiger partial charge in [0.05, 0.1) is 49.2 Å². The van der Waals surface area contributed by atoms with Crippen LogP contribution in [0.2, 0.25) is 0 Å². The number of furan rings is 1. The van der Waals surface area contributed by atoms with E-state index in [9.17, 15) is 9.18 Å². The number of benzene rings is 2. The standard InChI is InChI=1S/C23H20FN3O4/c1-29-20-12-14(5-8-17(20)24)6-9-18-21-19(27-26-18)10-7-16(22(21)30-2)23(28)25-13-15-4-3-11-31-15/h3-12H,13H2,1-2H3,(H,25,28)(H,26,27). The van der Waals surface area contributed by atoms with Crippen molar-refractivity contribution >= 4 is 29.0 Å². The number of H-pyrrole nitrogens is 1. The second-order valence-electron chi connectivity index (χ2n) is 6.67. The summed E-state index contributed by atoms with van der Waals surface area (Å²) in [5.74, 6) is 0.475. The zero-order valence-electron chi connectivity index (χ0n) is 16.9. The maximum Gasteiger partial charge on any atom is 0.255 e. The number of methoxy groups -OCH3 is 2. The fraction of sp³-hybridized carbons (Fsp3) is 0.130. The molecule has 4 rings (SSSR count). The molecule has 8 heteroatoms. The monoisotopic (exact) mass is 421 g/mol. The molecule has 1 amide bonds. The van der Waals surface area contributed by atoms with Crippen LogP contribution in [0.4, 0.5) is 4.39 Å². The average Bonchev–Trinajstić information content (AvgIpc) is 3.46. The Bertz CT molecular complexity index is 1250. The Hall–Kier alpha value is -4.07. The van der Waals surface area contributed by atoms with E-state index in [0.717, 1.165) is 11.1 Å². The van der Waals surface area contributed by atoms with Crippen LogP contribution in [-0.2, 0) is 6.54 Å². The first-order valence-electron chi connectivity index (χ1n) is 9.48. The first-order chi connectivity index (χ1) is 15.1. The van der Waals surface area contributed by atoms with Gasteiger partial charge in [-0.15, -0.1) is 0 Å². The van der Waals surface area contributed by atoms with E-state index < -0.39 is 5.82 Å². The third kappa shape index (κ3) is 4.13. The number of aromatic nitrogens is 2. The van der Waals surface area contributed by atoms with Gasteiger partial charge in [0.2, 0.25) is 0 Å². The molecule has 0 saturated carbocycles. The second kappa shape index (κ2) is 8.74. The number of hydrogen-bond acceptors (Lipinski definition) is 5. The molecule has 0 aliphatic rings. The van der Waals surface area contributed by atoms with Gasteiger partial charge in [-0.2, -0.15) is 5.10 Å². The predicted octanol–water partition coefficient (Wildman–Crippen LogP) is 4.41. The lowest BCUT2D eigenvalue weighted by Gasteiger charge is -2.10. The number of rotatable bonds is 7. The maximum absolute atomic E-state index is 13.6. The fourth-order valence-electron chi connectivity index (χ4n) is 3.25. The van der Waals surface area contributed by atoms with Gasteiger partial charge in [0.1, 0.15) is 11.5 Å². The highest BCUT2D eigenvalue weighted by Crippen LogP contribution is 2.32. The van der Waals surface area contributed by atoms with Gasteiger partial charge in [-0.3, -0.25) is 9.89 Å². The molecule has 4 aromatic rings. The lowest BCUT2D eigenvalue weighted by atomic mass is 10.1. The summed E-state index contributed by atoms with van der Waals surface area (Å²) in [7, 11) is 2.92. The average molecular weight is 421 g/mol. The Balaban J connectivity index is 1.66. The number of fused-ring (bicyclic) bond motifs is 1. The Morgan fingerprint density at radius 2 is 2.06 bits per heavy atom. The lowest BCUT2D eigenvalue weighted by molar-refractivity contribution is 0.0945. The number of ether oxygens (including phenoxy) is 2. The van der Waals surface area contributed by atoms with E-state index in [1.54, 1.807) is 54.8 Å². The van der Waals surface area contributed by atoms with Crippen molar-refractivity contribution in [3.63, 3.8) is 0 Å². The molecule has 158 valence electrons. The normalized spacial score (nSPS) is 11.2. The number of nitrogens with one attached hydrogen (secondary N) is 2. The van der Waals surface area contributed by atoms with Gasteiger partial charge in [0, 0.05) is 0 Å². The highest BCUT2D eigenvalue weighted by Gasteiger charge is 2.19. The molecule has 0 bridgehead atoms. The van der Waals surface area contributed by atoms with E-state index in [0.29, 0.717) is 28.2 Å². The SMILES string of the molecule is COc1cc(C=Cc2n[nH]c3ccc(C(=O)NCc4ccco4)c(OC)c23)ccc1F. The first kappa shape index (κ1) is 20.2. The van der Waals surface area contributed by atoms with Crippen molar-refractivity contribution in [2.24, 2.45) is 0 Å². The molecule has 0 spiro atoms. The Morgan fingerprint density at radius 1 is 1.19 bits per heavy atom. The van der Waals surface area contributed by atoms with Crippen molar-refractivity contribution in [2.45, 2.75) is 6.54 Å². The van der Waals surface area contributed by atoms with Gasteiger partial charge in [0.15, 0.2) is 11.6 Å². The zero-order chi connectivity index (χ0) is 21.8. The molecular formula is C23H20FN3O4. The van der Waals surface area contributed by atoms with Crippen molar-refractivity contribution in [3.8, 4) is 11.5 Å². The van der Waals surface area contributed by atoms with Crippen LogP contribution < -0.4 is 14.8 Å². The molecule has 0 aliphatic carbocycles. The van der Waals surface area contributed by atoms with Crippen molar-refractivity contribution in [1.82, 2.24) is 15.5 Å². The maximum atomic E-state index is 13.6. The van der Waals surface area contributed by atoms with Gasteiger partial charge in [0.25, 0.3) is 5.91 Å². The summed E-state index contributed by atoms with van der Waals surface area (Å²) < 4.78 is 29.5. The third-order valence-electron chi connectivity index (χ3n) is 4.77. The van der Waals surface area contributed by atoms with Crippen LogP contribution in [0.1, 0.15) is 27.4 Å². The minimum atomic E-state index is -0.434. The molecule has 2 N–H and O–H groups in total. The molecule has 2 aromatic heterocycles. The molecule has 2 aromatic carbocycles. The molecule has 2 heterocycles. The van der Waals surface area contributed by atoms with E-state index >= 15 is 0 Å². The van der Waals surface area contributed by atoms with Crippen LogP contribution in [0, 0.1) is 5.82 Å². The molecule has 31 heavy (non-hydrogen) atoms. The van der Waals surface area contributed by atoms with E-state index in [2.05, 4.69) is 15.5 Å². The van der Waals surface area contributed by atoms with Crippen LogP contribution in [0.15, 0.2) is 53.1 Å². The minimum Gasteiger partial charge on any atom is -0.495 e. The van der Waals surface area contributed by atoms with Crippen LogP contribution in [0.3, 0.4) is 0 Å². The van der Waals surface area contributed by atoms with Crippen molar-refractivity contribution in [2.75, 3.05) is 14.2 Å². The number of nitrogens with zero attached hydrogens (tertiary/aromatic N) is 1. The molecule has 7 nitrogen and oxygen atoms in total. The molecule has 0 fully saturated rings. The summed E-state index contributed by atoms with van der Waals surface area (Å²) in [6.45, 7) is 0.261. The highest BCUT2D eigenvalue weighted by atomic mass is 19.1. The van der Waals surface area contributed by atoms with Crippen molar-refractivity contribution in [1.29, 1.82) is 0 Å². The fourth-order valence-corrected chi connectivity index (χ4v) is 3.25. The van der Waals surface area contributed by atoms with E-state index in [-0.39, 0.29) is 18.2 Å². The number of aromatic amines is 1. The van der Waals surface area contributed by atoms with Crippen LogP contribution in [0.25, 0.3) is 23.1 Å². The topological polar surface area (TPSA) is 89.4 Å². The third-order valence-corrected chi connectivity index (χ3v) is 4.77. The summed E-state index contributed by atoms with van der Waals surface area (Å²) in [6, 6.07) is 11.5. The summed E-state index contributed by atoms with van der Waals surface area (Å²) in [6.07, 6.45) is 5.09. The number of carbonyl (C=O) groups excluding carboxylic acids is 1. The van der Waals surface area contributed by atoms with Gasteiger partial charge < -0.3 is 19.2 Å². The molecule has 0 atom stereocenters. The molecule has 0 radical (unpaired) electrons. The van der Waals surface area contributed by atoms with Crippen LogP contribution in [-0.4, -0.2) is 30.3 Å². The van der Waals surface area contributed by atoms with Gasteiger partial charge in [-0.1, -0.05) is 12.1 Å². The highest BCUT2D eigenvalue weighted by molar-refractivity contribution is 6.05. The lowest BCUT2D eigenvalue weighted by Crippen LogP contribution is -2.23. The number of hydrogen-bond donors (Lipinski definition) is 2. The van der Waals surface area contributed by atoms with Crippen LogP contribution >= 0.6 is 0 Å². The second-order valence-corrected chi connectivity index (χ2v) is 6.67. The first-order valence-corrected chi connectivity index (χ1v) is 9.48. The molecule has 0 aliphatic heterocycles. The molecule has 0 saturated heterocycles. The summed E-state index contributed by atoms with van der Waals surface area (Å²) in [4.78, 5) is 12.7. The van der Waals surface area contributed by atoms with Crippen molar-refractivity contribution < 1.29 is 23.1 Å². The zero-order valence-corrected chi connectivity index (χ0v) is 16.9. The Labute approximate surface area is 177 Å². The Morgan fingerprint density at radius 3 is 2.81 bits per heavy atom. The van der Waals surface area contributed by atoms with Gasteiger partial charge in [-0.05, 0) is 48.0 Å².